The lowest BCUT2D eigenvalue weighted by Crippen LogP contribution is -2.36. The highest BCUT2D eigenvalue weighted by molar-refractivity contribution is 7.89. The number of carbonyl (C=O) groups is 1. The molecule has 5 nitrogen and oxygen atoms in total. The summed E-state index contributed by atoms with van der Waals surface area (Å²) in [6.45, 7) is 5.71. The zero-order valence-electron chi connectivity index (χ0n) is 14.5. The molecule has 6 heteroatoms. The quantitative estimate of drug-likeness (QED) is 0.801. The summed E-state index contributed by atoms with van der Waals surface area (Å²) in [6.07, 6.45) is 2.36. The summed E-state index contributed by atoms with van der Waals surface area (Å²) in [5, 5.41) is 0. The second-order valence-corrected chi connectivity index (χ2v) is 8.63. The Morgan fingerprint density at radius 3 is 2.04 bits per heavy atom. The van der Waals surface area contributed by atoms with Crippen molar-refractivity contribution in [1.82, 2.24) is 9.21 Å². The van der Waals surface area contributed by atoms with E-state index in [9.17, 15) is 13.2 Å². The molecule has 0 saturated heterocycles. The van der Waals surface area contributed by atoms with Crippen molar-refractivity contribution in [1.29, 1.82) is 0 Å². The van der Waals surface area contributed by atoms with Crippen LogP contribution in [0.25, 0.3) is 0 Å². The standard InChI is InChI=1S/C17H26N2O3S/c1-12(2)19(5)23(21,22)16-10-8-15(9-11-16)17(20)18(4)13(3)14-6-7-14/h8-14H,6-7H2,1-5H3. The number of hydrogen-bond acceptors (Lipinski definition) is 3. The van der Waals surface area contributed by atoms with Gasteiger partial charge in [-0.25, -0.2) is 8.42 Å². The molecular formula is C17H26N2O3S. The molecule has 0 heterocycles. The van der Waals surface area contributed by atoms with Crippen LogP contribution in [0.5, 0.6) is 0 Å². The minimum absolute atomic E-state index is 0.0643. The largest absolute Gasteiger partial charge is 0.339 e. The summed E-state index contributed by atoms with van der Waals surface area (Å²) in [7, 11) is -0.145. The lowest BCUT2D eigenvalue weighted by Gasteiger charge is -2.25. The maximum Gasteiger partial charge on any atom is 0.253 e. The van der Waals surface area contributed by atoms with Gasteiger partial charge in [-0.1, -0.05) is 0 Å². The van der Waals surface area contributed by atoms with Crippen molar-refractivity contribution in [2.45, 2.75) is 50.6 Å². The molecule has 0 radical (unpaired) electrons. The number of benzene rings is 1. The summed E-state index contributed by atoms with van der Waals surface area (Å²) >= 11 is 0. The monoisotopic (exact) mass is 338 g/mol. The van der Waals surface area contributed by atoms with Gasteiger partial charge in [0.15, 0.2) is 0 Å². The maximum atomic E-state index is 12.5. The van der Waals surface area contributed by atoms with E-state index in [1.54, 1.807) is 24.1 Å². The molecule has 1 atom stereocenters. The van der Waals surface area contributed by atoms with Crippen LogP contribution in [0, 0.1) is 5.92 Å². The molecule has 1 unspecified atom stereocenters. The summed E-state index contributed by atoms with van der Waals surface area (Å²) in [5.41, 5.74) is 0.520. The molecule has 1 aliphatic carbocycles. The Balaban J connectivity index is 2.17. The Hall–Kier alpha value is -1.40. The summed E-state index contributed by atoms with van der Waals surface area (Å²) in [6, 6.07) is 6.32. The molecule has 2 rings (SSSR count). The molecule has 0 aliphatic heterocycles. The lowest BCUT2D eigenvalue weighted by atomic mass is 10.1. The Labute approximate surface area is 139 Å². The van der Waals surface area contributed by atoms with Crippen LogP contribution in [0.3, 0.4) is 0 Å². The highest BCUT2D eigenvalue weighted by atomic mass is 32.2. The molecule has 23 heavy (non-hydrogen) atoms. The zero-order chi connectivity index (χ0) is 17.4. The molecule has 1 fully saturated rings. The van der Waals surface area contributed by atoms with E-state index in [2.05, 4.69) is 6.92 Å². The summed E-state index contributed by atoms with van der Waals surface area (Å²) < 4.78 is 26.2. The second kappa shape index (κ2) is 6.61. The SMILES string of the molecule is CC(C1CC1)N(C)C(=O)c1ccc(S(=O)(=O)N(C)C(C)C)cc1. The van der Waals surface area contributed by atoms with E-state index >= 15 is 0 Å². The highest BCUT2D eigenvalue weighted by Crippen LogP contribution is 2.35. The van der Waals surface area contributed by atoms with Gasteiger partial charge < -0.3 is 4.90 Å². The van der Waals surface area contributed by atoms with Gasteiger partial charge >= 0.3 is 0 Å². The van der Waals surface area contributed by atoms with Gasteiger partial charge in [0.1, 0.15) is 0 Å². The topological polar surface area (TPSA) is 57.7 Å². The van der Waals surface area contributed by atoms with Gasteiger partial charge in [-0.3, -0.25) is 4.79 Å². The number of sulfonamides is 1. The van der Waals surface area contributed by atoms with E-state index in [1.807, 2.05) is 20.9 Å². The van der Waals surface area contributed by atoms with Crippen LogP contribution in [-0.2, 0) is 10.0 Å². The van der Waals surface area contributed by atoms with Crippen molar-refractivity contribution >= 4 is 15.9 Å². The fourth-order valence-electron chi connectivity index (χ4n) is 2.50. The Bertz CT molecular complexity index is 664. The molecule has 0 bridgehead atoms. The first kappa shape index (κ1) is 17.9. The molecule has 1 amide bonds. The molecule has 1 saturated carbocycles. The molecule has 0 N–H and O–H groups in total. The number of amides is 1. The molecule has 0 aromatic heterocycles. The van der Waals surface area contributed by atoms with Gasteiger partial charge in [-0.05, 0) is 63.8 Å². The van der Waals surface area contributed by atoms with E-state index in [0.717, 1.165) is 0 Å². The predicted octanol–water partition coefficient (Wildman–Crippen LogP) is 2.59. The van der Waals surface area contributed by atoms with Gasteiger partial charge in [-0.15, -0.1) is 0 Å². The van der Waals surface area contributed by atoms with E-state index in [4.69, 9.17) is 0 Å². The van der Waals surface area contributed by atoms with Crippen molar-refractivity contribution < 1.29 is 13.2 Å². The van der Waals surface area contributed by atoms with Gasteiger partial charge in [0, 0.05) is 31.7 Å². The molecule has 128 valence electrons. The first-order valence-electron chi connectivity index (χ1n) is 8.01. The first-order chi connectivity index (χ1) is 10.7. The summed E-state index contributed by atoms with van der Waals surface area (Å²) in [4.78, 5) is 14.5. The van der Waals surface area contributed by atoms with Gasteiger partial charge in [0.2, 0.25) is 10.0 Å². The molecule has 0 spiro atoms. The molecule has 1 aliphatic rings. The number of nitrogens with zero attached hydrogens (tertiary/aromatic N) is 2. The van der Waals surface area contributed by atoms with Crippen molar-refractivity contribution in [3.8, 4) is 0 Å². The molecule has 1 aromatic carbocycles. The van der Waals surface area contributed by atoms with Gasteiger partial charge in [-0.2, -0.15) is 4.31 Å². The average Bonchev–Trinajstić information content (AvgIpc) is 3.36. The van der Waals surface area contributed by atoms with Crippen molar-refractivity contribution in [3.05, 3.63) is 29.8 Å². The van der Waals surface area contributed by atoms with E-state index in [-0.39, 0.29) is 22.9 Å². The van der Waals surface area contributed by atoms with Crippen molar-refractivity contribution in [2.24, 2.45) is 5.92 Å². The Morgan fingerprint density at radius 1 is 1.09 bits per heavy atom. The third-order valence-electron chi connectivity index (χ3n) is 4.74. The highest BCUT2D eigenvalue weighted by Gasteiger charge is 2.32. The van der Waals surface area contributed by atoms with E-state index in [0.29, 0.717) is 11.5 Å². The lowest BCUT2D eigenvalue weighted by molar-refractivity contribution is 0.0727. The van der Waals surface area contributed by atoms with E-state index < -0.39 is 10.0 Å². The van der Waals surface area contributed by atoms with Crippen LogP contribution < -0.4 is 0 Å². The summed E-state index contributed by atoms with van der Waals surface area (Å²) in [5.74, 6) is 0.536. The predicted molar refractivity (Wildman–Crippen MR) is 90.8 cm³/mol. The fourth-order valence-corrected chi connectivity index (χ4v) is 3.86. The Kier molecular flexibility index (Phi) is 5.16. The van der Waals surface area contributed by atoms with Gasteiger partial charge in [0.05, 0.1) is 4.90 Å². The smallest absolute Gasteiger partial charge is 0.253 e. The van der Waals surface area contributed by atoms with Crippen LogP contribution in [-0.4, -0.2) is 49.7 Å². The maximum absolute atomic E-state index is 12.5. The normalized spacial score (nSPS) is 16.7. The first-order valence-corrected chi connectivity index (χ1v) is 9.45. The number of hydrogen-bond donors (Lipinski definition) is 0. The van der Waals surface area contributed by atoms with Crippen LogP contribution >= 0.6 is 0 Å². The number of rotatable bonds is 6. The van der Waals surface area contributed by atoms with Crippen LogP contribution in [0.2, 0.25) is 0 Å². The minimum Gasteiger partial charge on any atom is -0.339 e. The van der Waals surface area contributed by atoms with Crippen LogP contribution in [0.1, 0.15) is 44.0 Å². The van der Waals surface area contributed by atoms with Crippen molar-refractivity contribution in [3.63, 3.8) is 0 Å². The third kappa shape index (κ3) is 3.75. The Morgan fingerprint density at radius 2 is 1.61 bits per heavy atom. The van der Waals surface area contributed by atoms with Crippen LogP contribution in [0.4, 0.5) is 0 Å². The van der Waals surface area contributed by atoms with Crippen molar-refractivity contribution in [2.75, 3.05) is 14.1 Å². The number of carbonyl (C=O) groups excluding carboxylic acids is 1. The minimum atomic E-state index is -3.51. The van der Waals surface area contributed by atoms with E-state index in [1.165, 1.54) is 29.3 Å². The third-order valence-corrected chi connectivity index (χ3v) is 6.79. The zero-order valence-corrected chi connectivity index (χ0v) is 15.3. The molecule has 1 aromatic rings. The van der Waals surface area contributed by atoms with Gasteiger partial charge in [0.25, 0.3) is 5.91 Å². The van der Waals surface area contributed by atoms with Crippen LogP contribution in [0.15, 0.2) is 29.2 Å². The fraction of sp³-hybridized carbons (Fsp3) is 0.588. The second-order valence-electron chi connectivity index (χ2n) is 6.63. The average molecular weight is 338 g/mol. The molecular weight excluding hydrogens is 312 g/mol.